The van der Waals surface area contributed by atoms with E-state index in [1.54, 1.807) is 0 Å². The van der Waals surface area contributed by atoms with Gasteiger partial charge in [0.1, 0.15) is 0 Å². The summed E-state index contributed by atoms with van der Waals surface area (Å²) in [5.74, 6) is 0. The van der Waals surface area contributed by atoms with Crippen molar-refractivity contribution < 1.29 is 9.31 Å². The van der Waals surface area contributed by atoms with Gasteiger partial charge in [0, 0.05) is 5.41 Å². The molecule has 0 radical (unpaired) electrons. The lowest BCUT2D eigenvalue weighted by molar-refractivity contribution is 0.00578. The molecule has 0 atom stereocenters. The summed E-state index contributed by atoms with van der Waals surface area (Å²) in [6.07, 6.45) is 0. The third-order valence-electron chi connectivity index (χ3n) is 5.98. The molecule has 0 amide bonds. The summed E-state index contributed by atoms with van der Waals surface area (Å²) in [5, 5.41) is 0. The summed E-state index contributed by atoms with van der Waals surface area (Å²) < 4.78 is 12.3. The van der Waals surface area contributed by atoms with Gasteiger partial charge in [-0.1, -0.05) is 62.4 Å². The van der Waals surface area contributed by atoms with Crippen molar-refractivity contribution in [1.29, 1.82) is 0 Å². The van der Waals surface area contributed by atoms with Crippen LogP contribution in [0.25, 0.3) is 0 Å². The summed E-state index contributed by atoms with van der Waals surface area (Å²) in [6, 6.07) is 17.3. The molecule has 1 fully saturated rings. The number of aryl methyl sites for hydroxylation is 1. The fraction of sp³-hybridized carbons (Fsp3) is 0.455. The SMILES string of the molecule is Cc1ccccc1C(C)(C)c1ccc(B2OC(C)(C)C(C)(C)O2)cc1. The van der Waals surface area contributed by atoms with Gasteiger partial charge in [0.05, 0.1) is 11.2 Å². The Morgan fingerprint density at radius 3 is 1.84 bits per heavy atom. The van der Waals surface area contributed by atoms with Crippen LogP contribution in [0.2, 0.25) is 0 Å². The van der Waals surface area contributed by atoms with Crippen molar-refractivity contribution in [3.05, 3.63) is 65.2 Å². The lowest BCUT2D eigenvalue weighted by Gasteiger charge is -2.32. The van der Waals surface area contributed by atoms with E-state index in [0.717, 1.165) is 5.46 Å². The van der Waals surface area contributed by atoms with Crippen LogP contribution in [0.4, 0.5) is 0 Å². The largest absolute Gasteiger partial charge is 0.494 e. The number of rotatable bonds is 3. The smallest absolute Gasteiger partial charge is 0.399 e. The molecule has 3 heteroatoms. The van der Waals surface area contributed by atoms with Gasteiger partial charge in [0.25, 0.3) is 0 Å². The lowest BCUT2D eigenvalue weighted by atomic mass is 9.73. The summed E-state index contributed by atoms with van der Waals surface area (Å²) in [5.41, 5.74) is 4.39. The molecule has 0 aromatic heterocycles. The third kappa shape index (κ3) is 3.16. The molecular weight excluding hydrogens is 307 g/mol. The van der Waals surface area contributed by atoms with Crippen LogP contribution in [0.1, 0.15) is 58.2 Å². The number of hydrogen-bond donors (Lipinski definition) is 0. The Kier molecular flexibility index (Phi) is 4.37. The van der Waals surface area contributed by atoms with Gasteiger partial charge in [-0.15, -0.1) is 0 Å². The number of benzene rings is 2. The molecule has 0 aliphatic carbocycles. The normalized spacial score (nSPS) is 19.2. The van der Waals surface area contributed by atoms with E-state index in [1.165, 1.54) is 16.7 Å². The first-order valence-corrected chi connectivity index (χ1v) is 9.07. The van der Waals surface area contributed by atoms with Gasteiger partial charge in [0.15, 0.2) is 0 Å². The molecule has 2 aromatic carbocycles. The maximum atomic E-state index is 6.16. The highest BCUT2D eigenvalue weighted by Crippen LogP contribution is 2.37. The Balaban J connectivity index is 1.87. The van der Waals surface area contributed by atoms with Gasteiger partial charge >= 0.3 is 7.12 Å². The molecule has 25 heavy (non-hydrogen) atoms. The Hall–Kier alpha value is -1.58. The van der Waals surface area contributed by atoms with Crippen molar-refractivity contribution in [1.82, 2.24) is 0 Å². The average Bonchev–Trinajstić information content (AvgIpc) is 2.76. The van der Waals surface area contributed by atoms with Crippen LogP contribution >= 0.6 is 0 Å². The fourth-order valence-corrected chi connectivity index (χ4v) is 3.47. The fourth-order valence-electron chi connectivity index (χ4n) is 3.47. The molecule has 0 spiro atoms. The standard InChI is InChI=1S/C22H29BO2/c1-16-10-8-9-11-19(16)20(2,3)17-12-14-18(15-13-17)23-24-21(4,5)22(6,7)25-23/h8-15H,1-7H3. The summed E-state index contributed by atoms with van der Waals surface area (Å²) in [4.78, 5) is 0. The zero-order valence-electron chi connectivity index (χ0n) is 16.5. The van der Waals surface area contributed by atoms with Crippen LogP contribution < -0.4 is 5.46 Å². The van der Waals surface area contributed by atoms with Gasteiger partial charge < -0.3 is 9.31 Å². The molecule has 1 aliphatic heterocycles. The first kappa shape index (κ1) is 18.2. The van der Waals surface area contributed by atoms with Crippen molar-refractivity contribution in [2.75, 3.05) is 0 Å². The average molecular weight is 336 g/mol. The first-order valence-electron chi connectivity index (χ1n) is 9.07. The van der Waals surface area contributed by atoms with Gasteiger partial charge in [-0.05, 0) is 56.8 Å². The van der Waals surface area contributed by atoms with E-state index >= 15 is 0 Å². The minimum Gasteiger partial charge on any atom is -0.399 e. The maximum absolute atomic E-state index is 6.16. The van der Waals surface area contributed by atoms with Gasteiger partial charge in [-0.25, -0.2) is 0 Å². The minimum absolute atomic E-state index is 0.0419. The molecule has 2 aromatic rings. The Labute approximate surface area is 152 Å². The van der Waals surface area contributed by atoms with Crippen molar-refractivity contribution in [2.24, 2.45) is 0 Å². The summed E-state index contributed by atoms with van der Waals surface area (Å²) in [7, 11) is -0.305. The van der Waals surface area contributed by atoms with Crippen LogP contribution in [0.15, 0.2) is 48.5 Å². The molecule has 2 nitrogen and oxygen atoms in total. The zero-order chi connectivity index (χ0) is 18.5. The molecule has 0 N–H and O–H groups in total. The van der Waals surface area contributed by atoms with E-state index in [4.69, 9.17) is 9.31 Å². The second-order valence-electron chi connectivity index (χ2n) is 8.65. The maximum Gasteiger partial charge on any atom is 0.494 e. The first-order chi connectivity index (χ1) is 11.5. The van der Waals surface area contributed by atoms with E-state index in [0.29, 0.717) is 0 Å². The second kappa shape index (κ2) is 6.00. The molecule has 0 unspecified atom stereocenters. The molecule has 0 bridgehead atoms. The Morgan fingerprint density at radius 2 is 1.32 bits per heavy atom. The van der Waals surface area contributed by atoms with Gasteiger partial charge in [0.2, 0.25) is 0 Å². The molecule has 1 aliphatic rings. The molecular formula is C22H29BO2. The third-order valence-corrected chi connectivity index (χ3v) is 5.98. The lowest BCUT2D eigenvalue weighted by Crippen LogP contribution is -2.41. The molecule has 1 heterocycles. The highest BCUT2D eigenvalue weighted by atomic mass is 16.7. The Bertz CT molecular complexity index is 744. The van der Waals surface area contributed by atoms with E-state index in [1.807, 2.05) is 0 Å². The Morgan fingerprint density at radius 1 is 0.800 bits per heavy atom. The second-order valence-corrected chi connectivity index (χ2v) is 8.65. The van der Waals surface area contributed by atoms with E-state index in [-0.39, 0.29) is 23.7 Å². The zero-order valence-corrected chi connectivity index (χ0v) is 16.5. The van der Waals surface area contributed by atoms with Crippen molar-refractivity contribution in [2.45, 2.75) is 65.1 Å². The highest BCUT2D eigenvalue weighted by Gasteiger charge is 2.51. The number of hydrogen-bond acceptors (Lipinski definition) is 2. The topological polar surface area (TPSA) is 18.5 Å². The molecule has 3 rings (SSSR count). The van der Waals surface area contributed by atoms with Crippen LogP contribution in [0.3, 0.4) is 0 Å². The predicted molar refractivity (Wildman–Crippen MR) is 105 cm³/mol. The van der Waals surface area contributed by atoms with Gasteiger partial charge in [-0.2, -0.15) is 0 Å². The van der Waals surface area contributed by atoms with Crippen LogP contribution in [-0.2, 0) is 14.7 Å². The summed E-state index contributed by atoms with van der Waals surface area (Å²) >= 11 is 0. The van der Waals surface area contributed by atoms with Crippen LogP contribution in [0, 0.1) is 6.92 Å². The van der Waals surface area contributed by atoms with Crippen LogP contribution in [0.5, 0.6) is 0 Å². The van der Waals surface area contributed by atoms with Crippen LogP contribution in [-0.4, -0.2) is 18.3 Å². The quantitative estimate of drug-likeness (QED) is 0.762. The van der Waals surface area contributed by atoms with Crippen molar-refractivity contribution in [3.8, 4) is 0 Å². The van der Waals surface area contributed by atoms with E-state index in [2.05, 4.69) is 97.0 Å². The molecule has 0 saturated carbocycles. The minimum atomic E-state index is -0.309. The monoisotopic (exact) mass is 336 g/mol. The predicted octanol–water partition coefficient (Wildman–Crippen LogP) is 4.62. The molecule has 1 saturated heterocycles. The van der Waals surface area contributed by atoms with E-state index < -0.39 is 0 Å². The summed E-state index contributed by atoms with van der Waals surface area (Å²) in [6.45, 7) is 15.1. The van der Waals surface area contributed by atoms with E-state index in [9.17, 15) is 0 Å². The van der Waals surface area contributed by atoms with Gasteiger partial charge in [-0.3, -0.25) is 0 Å². The molecule has 132 valence electrons. The van der Waals surface area contributed by atoms with Crippen molar-refractivity contribution >= 4 is 12.6 Å². The van der Waals surface area contributed by atoms with Crippen molar-refractivity contribution in [3.63, 3.8) is 0 Å². The highest BCUT2D eigenvalue weighted by molar-refractivity contribution is 6.62.